The first-order valence-corrected chi connectivity index (χ1v) is 13.4. The maximum Gasteiger partial charge on any atom is 0.245 e. The van der Waals surface area contributed by atoms with Gasteiger partial charge in [-0.1, -0.05) is 6.08 Å². The van der Waals surface area contributed by atoms with E-state index in [1.54, 1.807) is 27.7 Å². The smallest absolute Gasteiger partial charge is 0.245 e. The van der Waals surface area contributed by atoms with Crippen molar-refractivity contribution in [3.63, 3.8) is 0 Å². The molecule has 1 fully saturated rings. The van der Waals surface area contributed by atoms with Crippen molar-refractivity contribution in [2.45, 2.75) is 25.3 Å². The van der Waals surface area contributed by atoms with Gasteiger partial charge in [0.2, 0.25) is 11.7 Å². The van der Waals surface area contributed by atoms with Gasteiger partial charge in [0.05, 0.1) is 51.6 Å². The lowest BCUT2D eigenvalue weighted by atomic mass is 10.1. The van der Waals surface area contributed by atoms with Gasteiger partial charge in [0, 0.05) is 25.2 Å². The Balaban J connectivity index is 1.39. The Morgan fingerprint density at radius 2 is 1.95 bits per heavy atom. The summed E-state index contributed by atoms with van der Waals surface area (Å²) in [6, 6.07) is 7.86. The summed E-state index contributed by atoms with van der Waals surface area (Å²) in [6.45, 7) is 2.63. The second-order valence-corrected chi connectivity index (χ2v) is 9.81. The van der Waals surface area contributed by atoms with Gasteiger partial charge in [-0.25, -0.2) is 9.50 Å². The molecule has 5 heterocycles. The molecule has 12 heteroatoms. The number of rotatable bonds is 9. The molecule has 0 radical (unpaired) electrons. The number of anilines is 3. The molecule has 0 aliphatic carbocycles. The van der Waals surface area contributed by atoms with Crippen LogP contribution in [0.25, 0.3) is 16.8 Å². The van der Waals surface area contributed by atoms with Gasteiger partial charge in [-0.15, -0.1) is 5.10 Å². The van der Waals surface area contributed by atoms with Crippen LogP contribution in [0.1, 0.15) is 25.0 Å². The summed E-state index contributed by atoms with van der Waals surface area (Å²) in [5, 5.41) is 21.7. The molecule has 0 amide bonds. The Bertz CT molecular complexity index is 1520. The minimum absolute atomic E-state index is 0.00153. The number of aliphatic hydroxyl groups excluding tert-OH is 1. The van der Waals surface area contributed by atoms with E-state index >= 15 is 0 Å². The third-order valence-electron chi connectivity index (χ3n) is 7.51. The van der Waals surface area contributed by atoms with Gasteiger partial charge >= 0.3 is 0 Å². The Kier molecular flexibility index (Phi) is 7.18. The van der Waals surface area contributed by atoms with Crippen LogP contribution < -0.4 is 29.7 Å². The Morgan fingerprint density at radius 1 is 1.12 bits per heavy atom. The highest BCUT2D eigenvalue weighted by Crippen LogP contribution is 2.39. The number of nitrogens with one attached hydrogen (secondary N) is 2. The van der Waals surface area contributed by atoms with Gasteiger partial charge < -0.3 is 39.4 Å². The summed E-state index contributed by atoms with van der Waals surface area (Å²) in [7, 11) is 4.76. The second kappa shape index (κ2) is 11.1. The SMILES string of the molecule is COc1cc(-n2cnc(Nc3nc(N4CCC[C@H]4CO)nn4c(C5=CCNCC5)ccc34)c2)cc(OC)c1OC. The predicted molar refractivity (Wildman–Crippen MR) is 152 cm³/mol. The van der Waals surface area contributed by atoms with Gasteiger partial charge in [0.25, 0.3) is 0 Å². The molecule has 6 rings (SSSR count). The number of fused-ring (bicyclic) bond motifs is 1. The largest absolute Gasteiger partial charge is 0.493 e. The number of nitrogens with zero attached hydrogens (tertiary/aromatic N) is 6. The van der Waals surface area contributed by atoms with Crippen molar-refractivity contribution in [3.05, 3.63) is 48.6 Å². The van der Waals surface area contributed by atoms with Gasteiger partial charge in [0.15, 0.2) is 17.3 Å². The molecular weight excluding hydrogens is 512 g/mol. The number of aromatic nitrogens is 5. The lowest BCUT2D eigenvalue weighted by molar-refractivity contribution is 0.265. The molecule has 40 heavy (non-hydrogen) atoms. The molecular formula is C28H34N8O4. The number of aliphatic hydroxyl groups is 1. The number of methoxy groups -OCH3 is 3. The lowest BCUT2D eigenvalue weighted by Crippen LogP contribution is -2.34. The summed E-state index contributed by atoms with van der Waals surface area (Å²) >= 11 is 0. The van der Waals surface area contributed by atoms with Crippen LogP contribution in [-0.4, -0.2) is 82.9 Å². The normalized spacial score (nSPS) is 17.2. The highest BCUT2D eigenvalue weighted by Gasteiger charge is 2.28. The van der Waals surface area contributed by atoms with Crippen LogP contribution in [0.3, 0.4) is 0 Å². The third-order valence-corrected chi connectivity index (χ3v) is 7.51. The number of ether oxygens (including phenoxy) is 3. The summed E-state index contributed by atoms with van der Waals surface area (Å²) in [5.41, 5.74) is 3.95. The first kappa shape index (κ1) is 26.0. The molecule has 1 saturated heterocycles. The minimum Gasteiger partial charge on any atom is -0.493 e. The number of benzene rings is 1. The van der Waals surface area contributed by atoms with Crippen LogP contribution in [0.4, 0.5) is 17.6 Å². The van der Waals surface area contributed by atoms with E-state index in [2.05, 4.69) is 32.7 Å². The molecule has 4 aromatic rings. The van der Waals surface area contributed by atoms with Crippen LogP contribution in [0.2, 0.25) is 0 Å². The zero-order valence-electron chi connectivity index (χ0n) is 22.9. The van der Waals surface area contributed by atoms with Crippen LogP contribution in [0, 0.1) is 0 Å². The van der Waals surface area contributed by atoms with E-state index in [0.717, 1.165) is 55.8 Å². The van der Waals surface area contributed by atoms with E-state index in [0.29, 0.717) is 34.8 Å². The molecule has 0 bridgehead atoms. The van der Waals surface area contributed by atoms with Crippen molar-refractivity contribution >= 4 is 28.7 Å². The molecule has 3 aromatic heterocycles. The van der Waals surface area contributed by atoms with Gasteiger partial charge in [0.1, 0.15) is 17.7 Å². The molecule has 1 atom stereocenters. The lowest BCUT2D eigenvalue weighted by Gasteiger charge is -2.24. The number of imidazole rings is 1. The van der Waals surface area contributed by atoms with E-state index in [9.17, 15) is 5.11 Å². The molecule has 2 aliphatic rings. The van der Waals surface area contributed by atoms with Gasteiger partial charge in [-0.05, 0) is 43.5 Å². The van der Waals surface area contributed by atoms with Crippen molar-refractivity contribution in [2.75, 3.05) is 57.8 Å². The van der Waals surface area contributed by atoms with Gasteiger partial charge in [-0.3, -0.25) is 0 Å². The topological polar surface area (TPSA) is 123 Å². The molecule has 0 unspecified atom stereocenters. The summed E-state index contributed by atoms with van der Waals surface area (Å²) in [4.78, 5) is 11.6. The highest BCUT2D eigenvalue weighted by molar-refractivity contribution is 5.78. The van der Waals surface area contributed by atoms with E-state index in [-0.39, 0.29) is 12.6 Å². The Morgan fingerprint density at radius 3 is 2.65 bits per heavy atom. The first-order valence-electron chi connectivity index (χ1n) is 13.4. The third kappa shape index (κ3) is 4.69. The number of hydrogen-bond acceptors (Lipinski definition) is 10. The fourth-order valence-electron chi connectivity index (χ4n) is 5.45. The molecule has 1 aromatic carbocycles. The zero-order valence-corrected chi connectivity index (χ0v) is 22.9. The van der Waals surface area contributed by atoms with E-state index in [4.69, 9.17) is 24.3 Å². The minimum atomic E-state index is 0.00153. The Labute approximate surface area is 232 Å². The van der Waals surface area contributed by atoms with Gasteiger partial charge in [-0.2, -0.15) is 4.98 Å². The van der Waals surface area contributed by atoms with Crippen LogP contribution >= 0.6 is 0 Å². The highest BCUT2D eigenvalue weighted by atomic mass is 16.5. The molecule has 210 valence electrons. The maximum atomic E-state index is 9.98. The second-order valence-electron chi connectivity index (χ2n) is 9.81. The molecule has 0 spiro atoms. The fourth-order valence-corrected chi connectivity index (χ4v) is 5.45. The molecule has 2 aliphatic heterocycles. The van der Waals surface area contributed by atoms with Crippen LogP contribution in [-0.2, 0) is 0 Å². The predicted octanol–water partition coefficient (Wildman–Crippen LogP) is 3.02. The van der Waals surface area contributed by atoms with Crippen molar-refractivity contribution < 1.29 is 19.3 Å². The molecule has 0 saturated carbocycles. The summed E-state index contributed by atoms with van der Waals surface area (Å²) in [5.74, 6) is 3.48. The van der Waals surface area contributed by atoms with Crippen LogP contribution in [0.5, 0.6) is 17.2 Å². The van der Waals surface area contributed by atoms with E-state index in [1.165, 1.54) is 5.57 Å². The standard InChI is InChI=1S/C28H34N8O4/c1-38-23-13-20(14-24(39-2)26(23)40-3)34-15-25(30-17-34)31-27-22-7-6-21(18-8-10-29-11-9-18)36(22)33-28(32-27)35-12-4-5-19(35)16-37/h6-8,13-15,17,19,29,37H,4-5,9-12,16H2,1-3H3,(H,31,32,33)/t19-/m0/s1. The van der Waals surface area contributed by atoms with E-state index < -0.39 is 0 Å². The fraction of sp³-hybridized carbons (Fsp3) is 0.393. The van der Waals surface area contributed by atoms with Crippen molar-refractivity contribution in [3.8, 4) is 22.9 Å². The Hall–Kier alpha value is -4.29. The number of hydrogen-bond donors (Lipinski definition) is 3. The monoisotopic (exact) mass is 546 g/mol. The van der Waals surface area contributed by atoms with Crippen molar-refractivity contribution in [1.29, 1.82) is 0 Å². The molecule has 3 N–H and O–H groups in total. The van der Waals surface area contributed by atoms with Crippen molar-refractivity contribution in [1.82, 2.24) is 29.5 Å². The molecule has 12 nitrogen and oxygen atoms in total. The van der Waals surface area contributed by atoms with Crippen molar-refractivity contribution in [2.24, 2.45) is 0 Å². The van der Waals surface area contributed by atoms with E-state index in [1.807, 2.05) is 33.5 Å². The summed E-state index contributed by atoms with van der Waals surface area (Å²) < 4.78 is 20.3. The summed E-state index contributed by atoms with van der Waals surface area (Å²) in [6.07, 6.45) is 8.64. The zero-order chi connectivity index (χ0) is 27.6. The maximum absolute atomic E-state index is 9.98. The van der Waals surface area contributed by atoms with Crippen LogP contribution in [0.15, 0.2) is 42.9 Å². The average molecular weight is 547 g/mol. The first-order chi connectivity index (χ1) is 19.6. The quantitative estimate of drug-likeness (QED) is 0.289. The average Bonchev–Trinajstić information content (AvgIpc) is 3.76.